The van der Waals surface area contributed by atoms with E-state index in [2.05, 4.69) is 43.4 Å². The summed E-state index contributed by atoms with van der Waals surface area (Å²) in [6.45, 7) is 5.15. The van der Waals surface area contributed by atoms with Crippen molar-refractivity contribution >= 4 is 11.7 Å². The second kappa shape index (κ2) is 10.0. The summed E-state index contributed by atoms with van der Waals surface area (Å²) >= 11 is 0. The number of hydrogen-bond donors (Lipinski definition) is 1. The van der Waals surface area contributed by atoms with Gasteiger partial charge < -0.3 is 10.2 Å². The van der Waals surface area contributed by atoms with Crippen molar-refractivity contribution in [2.75, 3.05) is 11.9 Å². The average molecular weight is 474 g/mol. The zero-order valence-corrected chi connectivity index (χ0v) is 20.5. The number of nitrogens with zero attached hydrogens (tertiary/aromatic N) is 4. The van der Waals surface area contributed by atoms with E-state index >= 15 is 0 Å². The standard InChI is InChI=1S/C30H27N5O/c1-3-21-9-7-12-24(17-21)32-30(36)35-15-14-27-26(19-35)28(25-13-5-4-8-20(25)2)34-29(33-27)23-11-6-10-22(16-23)18-31/h4-13,16-17H,3,14-15,19H2,1-2H3,(H,32,36). The normalized spacial score (nSPS) is 12.5. The van der Waals surface area contributed by atoms with Gasteiger partial charge in [-0.1, -0.05) is 55.5 Å². The zero-order chi connectivity index (χ0) is 25.1. The largest absolute Gasteiger partial charge is 0.322 e. The van der Waals surface area contributed by atoms with Gasteiger partial charge in [0, 0.05) is 35.3 Å². The number of amides is 2. The molecule has 0 unspecified atom stereocenters. The van der Waals surface area contributed by atoms with E-state index < -0.39 is 0 Å². The molecular weight excluding hydrogens is 446 g/mol. The van der Waals surface area contributed by atoms with Crippen LogP contribution in [0.25, 0.3) is 22.6 Å². The number of anilines is 1. The van der Waals surface area contributed by atoms with E-state index in [1.807, 2.05) is 53.4 Å². The molecule has 0 aliphatic carbocycles. The summed E-state index contributed by atoms with van der Waals surface area (Å²) < 4.78 is 0. The highest BCUT2D eigenvalue weighted by Crippen LogP contribution is 2.32. The molecule has 0 radical (unpaired) electrons. The van der Waals surface area contributed by atoms with Crippen LogP contribution in [-0.2, 0) is 19.4 Å². The molecule has 4 aromatic rings. The van der Waals surface area contributed by atoms with Crippen molar-refractivity contribution in [2.45, 2.75) is 33.2 Å². The van der Waals surface area contributed by atoms with Gasteiger partial charge in [-0.05, 0) is 48.7 Å². The third-order valence-electron chi connectivity index (χ3n) is 6.58. The van der Waals surface area contributed by atoms with E-state index in [1.165, 1.54) is 5.56 Å². The van der Waals surface area contributed by atoms with Crippen LogP contribution in [0.4, 0.5) is 10.5 Å². The number of fused-ring (bicyclic) bond motifs is 1. The van der Waals surface area contributed by atoms with Gasteiger partial charge in [0.25, 0.3) is 0 Å². The molecule has 0 bridgehead atoms. The number of urea groups is 1. The number of nitriles is 1. The molecule has 36 heavy (non-hydrogen) atoms. The molecule has 3 aromatic carbocycles. The summed E-state index contributed by atoms with van der Waals surface area (Å²) in [5, 5.41) is 12.4. The van der Waals surface area contributed by atoms with Crippen LogP contribution in [0.15, 0.2) is 72.8 Å². The monoisotopic (exact) mass is 473 g/mol. The summed E-state index contributed by atoms with van der Waals surface area (Å²) in [6.07, 6.45) is 1.54. The summed E-state index contributed by atoms with van der Waals surface area (Å²) in [5.41, 5.74) is 8.23. The number of aromatic nitrogens is 2. The Morgan fingerprint density at radius 1 is 1.06 bits per heavy atom. The fraction of sp³-hybridized carbons (Fsp3) is 0.200. The Bertz CT molecular complexity index is 1490. The Morgan fingerprint density at radius 2 is 1.89 bits per heavy atom. The first-order valence-corrected chi connectivity index (χ1v) is 12.2. The molecule has 1 aromatic heterocycles. The minimum atomic E-state index is -0.129. The van der Waals surface area contributed by atoms with Crippen LogP contribution in [0.2, 0.25) is 0 Å². The highest BCUT2D eigenvalue weighted by Gasteiger charge is 2.27. The smallest absolute Gasteiger partial charge is 0.320 e. The van der Waals surface area contributed by atoms with Crippen LogP contribution >= 0.6 is 0 Å². The van der Waals surface area contributed by atoms with Crippen LogP contribution < -0.4 is 5.32 Å². The number of hydrogen-bond acceptors (Lipinski definition) is 4. The number of aryl methyl sites for hydroxylation is 2. The minimum absolute atomic E-state index is 0.129. The van der Waals surface area contributed by atoms with Gasteiger partial charge >= 0.3 is 6.03 Å². The first-order chi connectivity index (χ1) is 17.6. The molecule has 6 heteroatoms. The van der Waals surface area contributed by atoms with Gasteiger partial charge in [0.1, 0.15) is 0 Å². The minimum Gasteiger partial charge on any atom is -0.320 e. The molecule has 2 amide bonds. The number of nitrogens with one attached hydrogen (secondary N) is 1. The van der Waals surface area contributed by atoms with E-state index in [4.69, 9.17) is 9.97 Å². The van der Waals surface area contributed by atoms with E-state index in [-0.39, 0.29) is 6.03 Å². The molecule has 0 saturated carbocycles. The number of benzene rings is 3. The quantitative estimate of drug-likeness (QED) is 0.386. The lowest BCUT2D eigenvalue weighted by molar-refractivity contribution is 0.206. The second-order valence-corrected chi connectivity index (χ2v) is 8.98. The van der Waals surface area contributed by atoms with Gasteiger partial charge in [-0.2, -0.15) is 5.26 Å². The maximum Gasteiger partial charge on any atom is 0.322 e. The van der Waals surface area contributed by atoms with Gasteiger partial charge in [0.05, 0.1) is 29.6 Å². The van der Waals surface area contributed by atoms with Crippen molar-refractivity contribution < 1.29 is 4.79 Å². The third kappa shape index (κ3) is 4.69. The van der Waals surface area contributed by atoms with Gasteiger partial charge in [0.15, 0.2) is 5.82 Å². The summed E-state index contributed by atoms with van der Waals surface area (Å²) in [7, 11) is 0. The second-order valence-electron chi connectivity index (χ2n) is 8.98. The van der Waals surface area contributed by atoms with E-state index in [0.717, 1.165) is 45.7 Å². The Hall–Kier alpha value is -4.50. The van der Waals surface area contributed by atoms with Crippen LogP contribution in [0.1, 0.15) is 34.9 Å². The Labute approximate surface area is 211 Å². The lowest BCUT2D eigenvalue weighted by atomic mass is 9.96. The lowest BCUT2D eigenvalue weighted by Crippen LogP contribution is -2.39. The van der Waals surface area contributed by atoms with E-state index in [1.54, 1.807) is 6.07 Å². The molecule has 178 valence electrons. The zero-order valence-electron chi connectivity index (χ0n) is 20.5. The highest BCUT2D eigenvalue weighted by molar-refractivity contribution is 5.89. The van der Waals surface area contributed by atoms with Crippen molar-refractivity contribution in [3.8, 4) is 28.7 Å². The van der Waals surface area contributed by atoms with E-state index in [9.17, 15) is 10.1 Å². The van der Waals surface area contributed by atoms with E-state index in [0.29, 0.717) is 30.9 Å². The van der Waals surface area contributed by atoms with Crippen molar-refractivity contribution in [3.63, 3.8) is 0 Å². The van der Waals surface area contributed by atoms with Crippen molar-refractivity contribution in [3.05, 3.63) is 101 Å². The Morgan fingerprint density at radius 3 is 2.69 bits per heavy atom. The number of rotatable bonds is 4. The molecule has 0 atom stereocenters. The third-order valence-corrected chi connectivity index (χ3v) is 6.58. The molecular formula is C30H27N5O. The molecule has 0 fully saturated rings. The van der Waals surface area contributed by atoms with Crippen LogP contribution in [0.5, 0.6) is 0 Å². The number of carbonyl (C=O) groups is 1. The van der Waals surface area contributed by atoms with Crippen LogP contribution in [0, 0.1) is 18.3 Å². The maximum atomic E-state index is 13.2. The molecule has 1 N–H and O–H groups in total. The molecule has 0 saturated heterocycles. The van der Waals surface area contributed by atoms with Gasteiger partial charge in [0.2, 0.25) is 0 Å². The number of carbonyl (C=O) groups excluding carboxylic acids is 1. The predicted molar refractivity (Wildman–Crippen MR) is 141 cm³/mol. The van der Waals surface area contributed by atoms with Crippen molar-refractivity contribution in [2.24, 2.45) is 0 Å². The van der Waals surface area contributed by atoms with Gasteiger partial charge in [-0.3, -0.25) is 0 Å². The fourth-order valence-corrected chi connectivity index (χ4v) is 4.58. The summed E-state index contributed by atoms with van der Waals surface area (Å²) in [4.78, 5) is 24.9. The van der Waals surface area contributed by atoms with Crippen LogP contribution in [-0.4, -0.2) is 27.4 Å². The predicted octanol–water partition coefficient (Wildman–Crippen LogP) is 6.14. The molecule has 1 aliphatic rings. The molecule has 1 aliphatic heterocycles. The lowest BCUT2D eigenvalue weighted by Gasteiger charge is -2.30. The topological polar surface area (TPSA) is 81.9 Å². The molecule has 5 rings (SSSR count). The van der Waals surface area contributed by atoms with Crippen molar-refractivity contribution in [1.82, 2.24) is 14.9 Å². The molecule has 0 spiro atoms. The summed E-state index contributed by atoms with van der Waals surface area (Å²) in [6, 6.07) is 25.5. The first kappa shape index (κ1) is 23.3. The van der Waals surface area contributed by atoms with Gasteiger partial charge in [-0.25, -0.2) is 14.8 Å². The Balaban J connectivity index is 1.52. The highest BCUT2D eigenvalue weighted by atomic mass is 16.2. The van der Waals surface area contributed by atoms with Crippen molar-refractivity contribution in [1.29, 1.82) is 5.26 Å². The first-order valence-electron chi connectivity index (χ1n) is 12.2. The SMILES string of the molecule is CCc1cccc(NC(=O)N2CCc3nc(-c4cccc(C#N)c4)nc(-c4ccccc4C)c3C2)c1. The average Bonchev–Trinajstić information content (AvgIpc) is 2.92. The van der Waals surface area contributed by atoms with Gasteiger partial charge in [-0.15, -0.1) is 0 Å². The Kier molecular flexibility index (Phi) is 6.46. The maximum absolute atomic E-state index is 13.2. The van der Waals surface area contributed by atoms with Crippen LogP contribution in [0.3, 0.4) is 0 Å². The molecule has 2 heterocycles. The fourth-order valence-electron chi connectivity index (χ4n) is 4.58. The molecule has 6 nitrogen and oxygen atoms in total. The summed E-state index contributed by atoms with van der Waals surface area (Å²) in [5.74, 6) is 0.596.